The zero-order chi connectivity index (χ0) is 21.5. The molecule has 2 aliphatic rings. The monoisotopic (exact) mass is 457 g/mol. The second kappa shape index (κ2) is 8.19. The van der Waals surface area contributed by atoms with E-state index in [4.69, 9.17) is 11.6 Å². The number of halogens is 4. The predicted molar refractivity (Wildman–Crippen MR) is 107 cm³/mol. The van der Waals surface area contributed by atoms with Gasteiger partial charge in [0.05, 0.1) is 5.56 Å². The molecule has 1 aliphatic carbocycles. The summed E-state index contributed by atoms with van der Waals surface area (Å²) in [7, 11) is 0. The molecule has 0 spiro atoms. The van der Waals surface area contributed by atoms with Gasteiger partial charge >= 0.3 is 6.18 Å². The zero-order valence-electron chi connectivity index (χ0n) is 15.8. The largest absolute Gasteiger partial charge is 0.416 e. The number of alkyl halides is 3. The number of rotatable bonds is 5. The number of nitrogens with zero attached hydrogens (tertiary/aromatic N) is 2. The van der Waals surface area contributed by atoms with Crippen molar-refractivity contribution in [3.63, 3.8) is 0 Å². The lowest BCUT2D eigenvalue weighted by atomic mass is 10.1. The van der Waals surface area contributed by atoms with E-state index in [9.17, 15) is 22.8 Å². The average Bonchev–Trinajstić information content (AvgIpc) is 3.25. The molecule has 1 aromatic heterocycles. The van der Waals surface area contributed by atoms with E-state index in [-0.39, 0.29) is 29.2 Å². The van der Waals surface area contributed by atoms with Gasteiger partial charge in [-0.3, -0.25) is 9.59 Å². The van der Waals surface area contributed by atoms with Crippen molar-refractivity contribution >= 4 is 39.9 Å². The van der Waals surface area contributed by atoms with Crippen LogP contribution in [-0.2, 0) is 22.2 Å². The van der Waals surface area contributed by atoms with Crippen LogP contribution in [-0.4, -0.2) is 34.3 Å². The summed E-state index contributed by atoms with van der Waals surface area (Å²) in [5.74, 6) is -0.173. The van der Waals surface area contributed by atoms with Crippen LogP contribution in [0.15, 0.2) is 24.4 Å². The number of aromatic nitrogens is 1. The van der Waals surface area contributed by atoms with Crippen molar-refractivity contribution in [3.8, 4) is 0 Å². The van der Waals surface area contributed by atoms with Crippen molar-refractivity contribution in [1.82, 2.24) is 9.88 Å². The minimum atomic E-state index is -4.45. The molecule has 10 heteroatoms. The highest BCUT2D eigenvalue weighted by molar-refractivity contribution is 7.15. The summed E-state index contributed by atoms with van der Waals surface area (Å²) < 4.78 is 38.8. The predicted octanol–water partition coefficient (Wildman–Crippen LogP) is 4.75. The number of carbonyl (C=O) groups is 2. The first kappa shape index (κ1) is 21.1. The van der Waals surface area contributed by atoms with Gasteiger partial charge in [0.1, 0.15) is 6.04 Å². The van der Waals surface area contributed by atoms with Crippen LogP contribution in [0.25, 0.3) is 0 Å². The van der Waals surface area contributed by atoms with Crippen molar-refractivity contribution in [3.05, 3.63) is 45.4 Å². The molecule has 0 radical (unpaired) electrons. The maximum atomic E-state index is 12.9. The lowest BCUT2D eigenvalue weighted by Crippen LogP contribution is -2.43. The number of anilines is 1. The van der Waals surface area contributed by atoms with E-state index >= 15 is 0 Å². The Morgan fingerprint density at radius 3 is 2.73 bits per heavy atom. The standard InChI is InChI=1S/C20H19ClF3N3O2S/c21-15-6-5-13(20(22,23)24)8-12(15)9-14-10-25-19(30-14)26-17(28)16-2-1-7-27(16)18(29)11-3-4-11/h5-6,8,10-11,16H,1-4,7,9H2,(H,25,26,28). The van der Waals surface area contributed by atoms with E-state index in [1.165, 1.54) is 23.6 Å². The van der Waals surface area contributed by atoms with Gasteiger partial charge in [0.15, 0.2) is 5.13 Å². The summed E-state index contributed by atoms with van der Waals surface area (Å²) in [4.78, 5) is 31.5. The van der Waals surface area contributed by atoms with Gasteiger partial charge in [-0.05, 0) is 49.4 Å². The molecule has 5 nitrogen and oxygen atoms in total. The topological polar surface area (TPSA) is 62.3 Å². The summed E-state index contributed by atoms with van der Waals surface area (Å²) in [6.07, 6.45) is 0.410. The fourth-order valence-corrected chi connectivity index (χ4v) is 4.60. The van der Waals surface area contributed by atoms with Crippen molar-refractivity contribution in [2.45, 2.75) is 44.3 Å². The van der Waals surface area contributed by atoms with Crippen LogP contribution >= 0.6 is 22.9 Å². The molecule has 1 saturated heterocycles. The van der Waals surface area contributed by atoms with Crippen molar-refractivity contribution < 1.29 is 22.8 Å². The Labute approximate surface area is 180 Å². The molecular formula is C20H19ClF3N3O2S. The molecule has 1 atom stereocenters. The number of hydrogen-bond acceptors (Lipinski definition) is 4. The number of hydrogen-bond donors (Lipinski definition) is 1. The number of amides is 2. The molecule has 2 heterocycles. The average molecular weight is 458 g/mol. The number of carbonyl (C=O) groups excluding carboxylic acids is 2. The molecule has 1 aromatic carbocycles. The fourth-order valence-electron chi connectivity index (χ4n) is 3.58. The molecule has 30 heavy (non-hydrogen) atoms. The minimum Gasteiger partial charge on any atom is -0.330 e. The third kappa shape index (κ3) is 4.62. The molecule has 0 bridgehead atoms. The maximum Gasteiger partial charge on any atom is 0.416 e. The minimum absolute atomic E-state index is 0.0478. The van der Waals surface area contributed by atoms with E-state index in [0.29, 0.717) is 28.5 Å². The first-order chi connectivity index (χ1) is 14.2. The Bertz CT molecular complexity index is 974. The lowest BCUT2D eigenvalue weighted by molar-refractivity contribution is -0.138. The smallest absolute Gasteiger partial charge is 0.330 e. The summed E-state index contributed by atoms with van der Waals surface area (Å²) in [6, 6.07) is 2.71. The first-order valence-electron chi connectivity index (χ1n) is 9.64. The Morgan fingerprint density at radius 2 is 2.03 bits per heavy atom. The van der Waals surface area contributed by atoms with Gasteiger partial charge in [0, 0.05) is 35.0 Å². The normalized spacial score (nSPS) is 19.2. The molecule has 1 unspecified atom stereocenters. The first-order valence-corrected chi connectivity index (χ1v) is 10.8. The van der Waals surface area contributed by atoms with Crippen LogP contribution in [0.2, 0.25) is 5.02 Å². The third-order valence-corrected chi connectivity index (χ3v) is 6.57. The fraction of sp³-hybridized carbons (Fsp3) is 0.450. The number of nitrogens with one attached hydrogen (secondary N) is 1. The summed E-state index contributed by atoms with van der Waals surface area (Å²) in [5.41, 5.74) is -0.424. The van der Waals surface area contributed by atoms with E-state index in [1.54, 1.807) is 4.90 Å². The van der Waals surface area contributed by atoms with Crippen molar-refractivity contribution in [1.29, 1.82) is 0 Å². The van der Waals surface area contributed by atoms with Crippen molar-refractivity contribution in [2.24, 2.45) is 5.92 Å². The Balaban J connectivity index is 1.42. The molecule has 2 aromatic rings. The molecule has 160 valence electrons. The van der Waals surface area contributed by atoms with E-state index < -0.39 is 17.8 Å². The van der Waals surface area contributed by atoms with Gasteiger partial charge in [-0.2, -0.15) is 13.2 Å². The Kier molecular flexibility index (Phi) is 5.76. The van der Waals surface area contributed by atoms with Crippen LogP contribution in [0.1, 0.15) is 41.7 Å². The number of benzene rings is 1. The van der Waals surface area contributed by atoms with Crippen LogP contribution in [0, 0.1) is 5.92 Å². The van der Waals surface area contributed by atoms with Crippen LogP contribution < -0.4 is 5.32 Å². The van der Waals surface area contributed by atoms with E-state index in [2.05, 4.69) is 10.3 Å². The van der Waals surface area contributed by atoms with Gasteiger partial charge in [-0.1, -0.05) is 11.6 Å². The SMILES string of the molecule is O=C(Nc1ncc(Cc2cc(C(F)(F)F)ccc2Cl)s1)C1CCCN1C(=O)C1CC1. The second-order valence-electron chi connectivity index (χ2n) is 7.57. The molecule has 4 rings (SSSR count). The molecule has 2 fully saturated rings. The lowest BCUT2D eigenvalue weighted by Gasteiger charge is -2.23. The molecule has 1 N–H and O–H groups in total. The molecule has 1 aliphatic heterocycles. The van der Waals surface area contributed by atoms with Crippen LogP contribution in [0.5, 0.6) is 0 Å². The highest BCUT2D eigenvalue weighted by Gasteiger charge is 2.41. The highest BCUT2D eigenvalue weighted by atomic mass is 35.5. The van der Waals surface area contributed by atoms with Gasteiger partial charge in [-0.25, -0.2) is 4.98 Å². The second-order valence-corrected chi connectivity index (χ2v) is 9.09. The van der Waals surface area contributed by atoms with Gasteiger partial charge in [-0.15, -0.1) is 11.3 Å². The van der Waals surface area contributed by atoms with Crippen LogP contribution in [0.3, 0.4) is 0 Å². The van der Waals surface area contributed by atoms with Crippen LogP contribution in [0.4, 0.5) is 18.3 Å². The molecular weight excluding hydrogens is 439 g/mol. The van der Waals surface area contributed by atoms with E-state index in [1.807, 2.05) is 0 Å². The number of likely N-dealkylation sites (tertiary alicyclic amines) is 1. The Hall–Kier alpha value is -2.13. The van der Waals surface area contributed by atoms with Crippen molar-refractivity contribution in [2.75, 3.05) is 11.9 Å². The maximum absolute atomic E-state index is 12.9. The van der Waals surface area contributed by atoms with Gasteiger partial charge in [0.2, 0.25) is 11.8 Å². The third-order valence-electron chi connectivity index (χ3n) is 5.29. The highest BCUT2D eigenvalue weighted by Crippen LogP contribution is 2.35. The Morgan fingerprint density at radius 1 is 1.27 bits per heavy atom. The van der Waals surface area contributed by atoms with E-state index in [0.717, 1.165) is 31.4 Å². The zero-order valence-corrected chi connectivity index (χ0v) is 17.4. The number of thiazole rings is 1. The molecule has 2 amide bonds. The molecule has 1 saturated carbocycles. The summed E-state index contributed by atoms with van der Waals surface area (Å²) in [5, 5.41) is 3.33. The summed E-state index contributed by atoms with van der Waals surface area (Å²) in [6.45, 7) is 0.588. The summed E-state index contributed by atoms with van der Waals surface area (Å²) >= 11 is 7.24. The quantitative estimate of drug-likeness (QED) is 0.705. The van der Waals surface area contributed by atoms with Gasteiger partial charge in [0.25, 0.3) is 0 Å². The van der Waals surface area contributed by atoms with Gasteiger partial charge < -0.3 is 10.2 Å².